The molecular formula is C23H27N3O4. The summed E-state index contributed by atoms with van der Waals surface area (Å²) in [6.45, 7) is 5.26. The SMILES string of the molecule is CCOc1ccccc1N1CCN(C(C(=O)O)c2c[nH]c3cc(CO)ccc23)CC1. The normalized spacial score (nSPS) is 16.0. The van der Waals surface area contributed by atoms with Gasteiger partial charge in [-0.15, -0.1) is 0 Å². The molecule has 0 amide bonds. The number of benzene rings is 2. The number of para-hydroxylation sites is 2. The van der Waals surface area contributed by atoms with Gasteiger partial charge in [0.2, 0.25) is 0 Å². The van der Waals surface area contributed by atoms with Crippen molar-refractivity contribution in [1.29, 1.82) is 0 Å². The number of nitrogens with zero attached hydrogens (tertiary/aromatic N) is 2. The van der Waals surface area contributed by atoms with Crippen LogP contribution in [0, 0.1) is 0 Å². The van der Waals surface area contributed by atoms with Crippen molar-refractivity contribution in [3.63, 3.8) is 0 Å². The van der Waals surface area contributed by atoms with Crippen molar-refractivity contribution in [2.45, 2.75) is 19.6 Å². The zero-order valence-electron chi connectivity index (χ0n) is 17.0. The highest BCUT2D eigenvalue weighted by Gasteiger charge is 2.32. The van der Waals surface area contributed by atoms with Crippen LogP contribution in [0.1, 0.15) is 24.1 Å². The molecule has 0 saturated carbocycles. The molecule has 2 heterocycles. The lowest BCUT2D eigenvalue weighted by molar-refractivity contribution is -0.143. The van der Waals surface area contributed by atoms with Gasteiger partial charge in [-0.2, -0.15) is 0 Å². The molecule has 1 saturated heterocycles. The minimum Gasteiger partial charge on any atom is -0.492 e. The van der Waals surface area contributed by atoms with Gasteiger partial charge in [0.05, 0.1) is 18.9 Å². The highest BCUT2D eigenvalue weighted by Crippen LogP contribution is 2.33. The van der Waals surface area contributed by atoms with Gasteiger partial charge in [0.1, 0.15) is 11.8 Å². The lowest BCUT2D eigenvalue weighted by Crippen LogP contribution is -2.49. The van der Waals surface area contributed by atoms with Crippen LogP contribution < -0.4 is 9.64 Å². The standard InChI is InChI=1S/C23H27N3O4/c1-2-30-21-6-4-3-5-20(21)25-9-11-26(12-10-25)22(23(28)29)18-14-24-19-13-16(15-27)7-8-17(18)19/h3-8,13-14,22,24,27H,2,9-12,15H2,1H3,(H,28,29). The summed E-state index contributed by atoms with van der Waals surface area (Å²) in [4.78, 5) is 19.7. The van der Waals surface area contributed by atoms with Gasteiger partial charge < -0.3 is 24.8 Å². The van der Waals surface area contributed by atoms with Crippen molar-refractivity contribution in [2.75, 3.05) is 37.7 Å². The van der Waals surface area contributed by atoms with Gasteiger partial charge >= 0.3 is 5.97 Å². The lowest BCUT2D eigenvalue weighted by atomic mass is 10.0. The predicted octanol–water partition coefficient (Wildman–Crippen LogP) is 3.01. The Morgan fingerprint density at radius 2 is 1.93 bits per heavy atom. The van der Waals surface area contributed by atoms with Crippen LogP contribution in [0.2, 0.25) is 0 Å². The van der Waals surface area contributed by atoms with Gasteiger partial charge in [-0.25, -0.2) is 0 Å². The zero-order chi connectivity index (χ0) is 21.1. The average Bonchev–Trinajstić information content (AvgIpc) is 3.17. The van der Waals surface area contributed by atoms with Crippen LogP contribution >= 0.6 is 0 Å². The van der Waals surface area contributed by atoms with Crippen LogP contribution in [-0.4, -0.2) is 58.9 Å². The van der Waals surface area contributed by atoms with Crippen LogP contribution in [0.25, 0.3) is 10.9 Å². The molecule has 1 aromatic heterocycles. The third-order valence-corrected chi connectivity index (χ3v) is 5.67. The summed E-state index contributed by atoms with van der Waals surface area (Å²) in [5.41, 5.74) is 3.44. The molecule has 2 aromatic carbocycles. The second kappa shape index (κ2) is 8.77. The Labute approximate surface area is 175 Å². The monoisotopic (exact) mass is 409 g/mol. The minimum atomic E-state index is -0.856. The molecular weight excluding hydrogens is 382 g/mol. The van der Waals surface area contributed by atoms with E-state index in [-0.39, 0.29) is 6.61 Å². The molecule has 0 spiro atoms. The molecule has 7 nitrogen and oxygen atoms in total. The summed E-state index contributed by atoms with van der Waals surface area (Å²) in [5.74, 6) is 0.00449. The van der Waals surface area contributed by atoms with E-state index in [1.54, 1.807) is 6.20 Å². The molecule has 3 N–H and O–H groups in total. The summed E-state index contributed by atoms with van der Waals surface area (Å²) in [7, 11) is 0. The molecule has 0 radical (unpaired) electrons. The van der Waals surface area contributed by atoms with E-state index in [0.717, 1.165) is 46.6 Å². The summed E-state index contributed by atoms with van der Waals surface area (Å²) >= 11 is 0. The fourth-order valence-corrected chi connectivity index (χ4v) is 4.22. The molecule has 1 fully saturated rings. The van der Waals surface area contributed by atoms with E-state index in [1.807, 2.05) is 54.3 Å². The van der Waals surface area contributed by atoms with Crippen molar-refractivity contribution < 1.29 is 19.7 Å². The molecule has 158 valence electrons. The van der Waals surface area contributed by atoms with E-state index in [4.69, 9.17) is 4.74 Å². The quantitative estimate of drug-likeness (QED) is 0.556. The molecule has 1 unspecified atom stereocenters. The highest BCUT2D eigenvalue weighted by molar-refractivity contribution is 5.89. The Balaban J connectivity index is 1.55. The topological polar surface area (TPSA) is 89.0 Å². The number of piperazine rings is 1. The Morgan fingerprint density at radius 3 is 2.63 bits per heavy atom. The number of rotatable bonds is 7. The molecule has 0 bridgehead atoms. The summed E-state index contributed by atoms with van der Waals surface area (Å²) in [6.07, 6.45) is 1.78. The summed E-state index contributed by atoms with van der Waals surface area (Å²) in [5, 5.41) is 20.3. The Morgan fingerprint density at radius 1 is 1.17 bits per heavy atom. The van der Waals surface area contributed by atoms with Crippen molar-refractivity contribution in [2.24, 2.45) is 0 Å². The first kappa shape index (κ1) is 20.3. The number of aromatic amines is 1. The van der Waals surface area contributed by atoms with E-state index < -0.39 is 12.0 Å². The first-order valence-corrected chi connectivity index (χ1v) is 10.3. The van der Waals surface area contributed by atoms with Gasteiger partial charge in [0, 0.05) is 48.8 Å². The fraction of sp³-hybridized carbons (Fsp3) is 0.348. The number of aliphatic hydroxyl groups excluding tert-OH is 1. The third kappa shape index (κ3) is 3.86. The Hall–Kier alpha value is -3.03. The minimum absolute atomic E-state index is 0.0438. The lowest BCUT2D eigenvalue weighted by Gasteiger charge is -2.39. The maximum Gasteiger partial charge on any atom is 0.325 e. The van der Waals surface area contributed by atoms with E-state index in [2.05, 4.69) is 9.88 Å². The van der Waals surface area contributed by atoms with Crippen molar-refractivity contribution >= 4 is 22.6 Å². The number of carbonyl (C=O) groups is 1. The van der Waals surface area contributed by atoms with Crippen LogP contribution in [0.15, 0.2) is 48.7 Å². The van der Waals surface area contributed by atoms with E-state index in [9.17, 15) is 15.0 Å². The number of fused-ring (bicyclic) bond motifs is 1. The second-order valence-corrected chi connectivity index (χ2v) is 7.45. The number of hydrogen-bond acceptors (Lipinski definition) is 5. The molecule has 3 aromatic rings. The van der Waals surface area contributed by atoms with E-state index in [1.165, 1.54) is 0 Å². The second-order valence-electron chi connectivity index (χ2n) is 7.45. The van der Waals surface area contributed by atoms with Crippen LogP contribution in [0.3, 0.4) is 0 Å². The number of aromatic nitrogens is 1. The number of aliphatic hydroxyl groups is 1. The van der Waals surface area contributed by atoms with Gasteiger partial charge in [-0.05, 0) is 30.7 Å². The predicted molar refractivity (Wildman–Crippen MR) is 116 cm³/mol. The number of aliphatic carboxylic acids is 1. The van der Waals surface area contributed by atoms with Crippen molar-refractivity contribution in [1.82, 2.24) is 9.88 Å². The van der Waals surface area contributed by atoms with E-state index >= 15 is 0 Å². The maximum absolute atomic E-state index is 12.2. The zero-order valence-corrected chi connectivity index (χ0v) is 17.0. The van der Waals surface area contributed by atoms with Crippen molar-refractivity contribution in [3.8, 4) is 5.75 Å². The number of carboxylic acids is 1. The van der Waals surface area contributed by atoms with Gasteiger partial charge in [-0.3, -0.25) is 9.69 Å². The number of hydrogen-bond donors (Lipinski definition) is 3. The number of carboxylic acid groups (broad SMARTS) is 1. The maximum atomic E-state index is 12.2. The Bertz CT molecular complexity index is 1020. The molecule has 4 rings (SSSR count). The number of H-pyrrole nitrogens is 1. The molecule has 1 aliphatic rings. The first-order chi connectivity index (χ1) is 14.6. The average molecular weight is 409 g/mol. The summed E-state index contributed by atoms with van der Waals surface area (Å²) < 4.78 is 5.76. The van der Waals surface area contributed by atoms with Crippen LogP contribution in [0.4, 0.5) is 5.69 Å². The highest BCUT2D eigenvalue weighted by atomic mass is 16.5. The fourth-order valence-electron chi connectivity index (χ4n) is 4.22. The molecule has 0 aliphatic carbocycles. The van der Waals surface area contributed by atoms with Gasteiger partial charge in [0.15, 0.2) is 0 Å². The largest absolute Gasteiger partial charge is 0.492 e. The van der Waals surface area contributed by atoms with Crippen LogP contribution in [0.5, 0.6) is 5.75 Å². The van der Waals surface area contributed by atoms with Crippen LogP contribution in [-0.2, 0) is 11.4 Å². The van der Waals surface area contributed by atoms with Crippen molar-refractivity contribution in [3.05, 3.63) is 59.8 Å². The van der Waals surface area contributed by atoms with E-state index in [0.29, 0.717) is 19.7 Å². The molecule has 1 aliphatic heterocycles. The number of anilines is 1. The Kier molecular flexibility index (Phi) is 5.92. The molecule has 30 heavy (non-hydrogen) atoms. The number of ether oxygens (including phenoxy) is 1. The smallest absolute Gasteiger partial charge is 0.325 e. The molecule has 7 heteroatoms. The molecule has 1 atom stereocenters. The van der Waals surface area contributed by atoms with Gasteiger partial charge in [-0.1, -0.05) is 24.3 Å². The number of nitrogens with one attached hydrogen (secondary N) is 1. The third-order valence-electron chi connectivity index (χ3n) is 5.67. The van der Waals surface area contributed by atoms with Gasteiger partial charge in [0.25, 0.3) is 0 Å². The first-order valence-electron chi connectivity index (χ1n) is 10.3. The summed E-state index contributed by atoms with van der Waals surface area (Å²) in [6, 6.07) is 12.8.